The molecule has 1 aliphatic rings. The van der Waals surface area contributed by atoms with Crippen LogP contribution in [0.25, 0.3) is 0 Å². The van der Waals surface area contributed by atoms with Crippen molar-refractivity contribution >= 4 is 5.78 Å². The monoisotopic (exact) mass is 233 g/mol. The van der Waals surface area contributed by atoms with Gasteiger partial charge in [0.25, 0.3) is 0 Å². The number of Topliss-reactive ketones (excluding diaryl/α,β-unsaturated/α-hetero) is 1. The maximum Gasteiger partial charge on any atom is 0.159 e. The van der Waals surface area contributed by atoms with Gasteiger partial charge in [-0.2, -0.15) is 0 Å². The standard InChI is InChI=1S/C14H19NO2/c1-11(16)13-5-3-12(4-6-13)9-15-8-7-14(10-15)17-2/h3-6,14H,7-10H2,1-2H3/t14-/m1/s1. The lowest BCUT2D eigenvalue weighted by Gasteiger charge is -2.15. The number of likely N-dealkylation sites (tertiary alicyclic amines) is 1. The summed E-state index contributed by atoms with van der Waals surface area (Å²) in [7, 11) is 1.77. The molecule has 0 N–H and O–H groups in total. The van der Waals surface area contributed by atoms with E-state index >= 15 is 0 Å². The first-order chi connectivity index (χ1) is 8.19. The fourth-order valence-corrected chi connectivity index (χ4v) is 2.24. The first-order valence-corrected chi connectivity index (χ1v) is 6.04. The molecule has 92 valence electrons. The molecule has 17 heavy (non-hydrogen) atoms. The molecule has 0 unspecified atom stereocenters. The number of hydrogen-bond donors (Lipinski definition) is 0. The Morgan fingerprint density at radius 1 is 1.41 bits per heavy atom. The average Bonchev–Trinajstić information content (AvgIpc) is 2.77. The van der Waals surface area contributed by atoms with Gasteiger partial charge < -0.3 is 4.74 Å². The van der Waals surface area contributed by atoms with Gasteiger partial charge in [0, 0.05) is 32.3 Å². The largest absolute Gasteiger partial charge is 0.380 e. The van der Waals surface area contributed by atoms with Crippen molar-refractivity contribution in [2.75, 3.05) is 20.2 Å². The topological polar surface area (TPSA) is 29.5 Å². The summed E-state index contributed by atoms with van der Waals surface area (Å²) >= 11 is 0. The lowest BCUT2D eigenvalue weighted by molar-refractivity contribution is 0.101. The third-order valence-electron chi connectivity index (χ3n) is 3.33. The van der Waals surface area contributed by atoms with Crippen LogP contribution in [0.15, 0.2) is 24.3 Å². The molecule has 0 aliphatic carbocycles. The number of ether oxygens (including phenoxy) is 1. The Labute approximate surface area is 102 Å². The van der Waals surface area contributed by atoms with Gasteiger partial charge in [-0.3, -0.25) is 9.69 Å². The number of rotatable bonds is 4. The highest BCUT2D eigenvalue weighted by molar-refractivity contribution is 5.93. The van der Waals surface area contributed by atoms with Crippen LogP contribution in [-0.2, 0) is 11.3 Å². The Hall–Kier alpha value is -1.19. The van der Waals surface area contributed by atoms with Gasteiger partial charge in [0.05, 0.1) is 6.10 Å². The zero-order valence-corrected chi connectivity index (χ0v) is 10.5. The van der Waals surface area contributed by atoms with Gasteiger partial charge in [-0.1, -0.05) is 24.3 Å². The second-order valence-corrected chi connectivity index (χ2v) is 4.63. The highest BCUT2D eigenvalue weighted by Gasteiger charge is 2.21. The number of nitrogens with zero attached hydrogens (tertiary/aromatic N) is 1. The lowest BCUT2D eigenvalue weighted by Crippen LogP contribution is -2.22. The first kappa shape index (κ1) is 12.3. The Kier molecular flexibility index (Phi) is 3.92. The molecule has 0 radical (unpaired) electrons. The highest BCUT2D eigenvalue weighted by Crippen LogP contribution is 2.15. The molecule has 3 nitrogen and oxygen atoms in total. The molecule has 1 aromatic carbocycles. The molecule has 1 heterocycles. The predicted molar refractivity (Wildman–Crippen MR) is 67.1 cm³/mol. The number of methoxy groups -OCH3 is 1. The molecule has 0 bridgehead atoms. The van der Waals surface area contributed by atoms with Crippen molar-refractivity contribution in [3.63, 3.8) is 0 Å². The van der Waals surface area contributed by atoms with Gasteiger partial charge in [-0.25, -0.2) is 0 Å². The van der Waals surface area contributed by atoms with Gasteiger partial charge in [0.2, 0.25) is 0 Å². The molecule has 3 heteroatoms. The Bertz CT molecular complexity index is 386. The Morgan fingerprint density at radius 3 is 2.65 bits per heavy atom. The molecule has 2 rings (SSSR count). The second kappa shape index (κ2) is 5.43. The fraction of sp³-hybridized carbons (Fsp3) is 0.500. The molecule has 0 saturated carbocycles. The van der Waals surface area contributed by atoms with E-state index in [4.69, 9.17) is 4.74 Å². The summed E-state index contributed by atoms with van der Waals surface area (Å²) in [6.07, 6.45) is 1.49. The van der Waals surface area contributed by atoms with Gasteiger partial charge in [-0.15, -0.1) is 0 Å². The van der Waals surface area contributed by atoms with Crippen molar-refractivity contribution in [2.24, 2.45) is 0 Å². The van der Waals surface area contributed by atoms with Crippen molar-refractivity contribution < 1.29 is 9.53 Å². The minimum atomic E-state index is 0.122. The Balaban J connectivity index is 1.93. The van der Waals surface area contributed by atoms with E-state index in [1.54, 1.807) is 14.0 Å². The van der Waals surface area contributed by atoms with Crippen LogP contribution < -0.4 is 0 Å². The molecule has 0 aromatic heterocycles. The maximum absolute atomic E-state index is 11.2. The lowest BCUT2D eigenvalue weighted by atomic mass is 10.1. The normalized spacial score (nSPS) is 20.7. The number of carbonyl (C=O) groups excluding carboxylic acids is 1. The number of ketones is 1. The number of benzene rings is 1. The van der Waals surface area contributed by atoms with E-state index in [-0.39, 0.29) is 5.78 Å². The van der Waals surface area contributed by atoms with Crippen LogP contribution in [-0.4, -0.2) is 37.0 Å². The van der Waals surface area contributed by atoms with E-state index in [9.17, 15) is 4.79 Å². The van der Waals surface area contributed by atoms with E-state index < -0.39 is 0 Å². The molecule has 1 fully saturated rings. The van der Waals surface area contributed by atoms with E-state index in [0.29, 0.717) is 6.10 Å². The van der Waals surface area contributed by atoms with Crippen molar-refractivity contribution in [1.29, 1.82) is 0 Å². The first-order valence-electron chi connectivity index (χ1n) is 6.04. The van der Waals surface area contributed by atoms with Gasteiger partial charge >= 0.3 is 0 Å². The smallest absolute Gasteiger partial charge is 0.159 e. The molecule has 0 amide bonds. The van der Waals surface area contributed by atoms with Crippen molar-refractivity contribution in [1.82, 2.24) is 4.90 Å². The van der Waals surface area contributed by atoms with E-state index in [1.165, 1.54) is 5.56 Å². The SMILES string of the molecule is CO[C@@H]1CCN(Cc2ccc(C(C)=O)cc2)C1. The average molecular weight is 233 g/mol. The van der Waals surface area contributed by atoms with Gasteiger partial charge in [-0.05, 0) is 18.9 Å². The second-order valence-electron chi connectivity index (χ2n) is 4.63. The molecule has 1 atom stereocenters. The van der Waals surface area contributed by atoms with Gasteiger partial charge in [0.1, 0.15) is 0 Å². The third kappa shape index (κ3) is 3.14. The third-order valence-corrected chi connectivity index (χ3v) is 3.33. The summed E-state index contributed by atoms with van der Waals surface area (Å²) in [5.74, 6) is 0.122. The summed E-state index contributed by atoms with van der Waals surface area (Å²) in [5, 5.41) is 0. The number of carbonyl (C=O) groups is 1. The zero-order valence-electron chi connectivity index (χ0n) is 10.5. The maximum atomic E-state index is 11.2. The minimum absolute atomic E-state index is 0.122. The molecule has 1 aromatic rings. The summed E-state index contributed by atoms with van der Waals surface area (Å²) in [6.45, 7) is 4.63. The van der Waals surface area contributed by atoms with Crippen molar-refractivity contribution in [3.05, 3.63) is 35.4 Å². The minimum Gasteiger partial charge on any atom is -0.380 e. The van der Waals surface area contributed by atoms with Gasteiger partial charge in [0.15, 0.2) is 5.78 Å². The molecule has 1 saturated heterocycles. The van der Waals surface area contributed by atoms with E-state index in [2.05, 4.69) is 4.90 Å². The quantitative estimate of drug-likeness (QED) is 0.746. The summed E-state index contributed by atoms with van der Waals surface area (Å²) in [4.78, 5) is 13.5. The highest BCUT2D eigenvalue weighted by atomic mass is 16.5. The molecular formula is C14H19NO2. The van der Waals surface area contributed by atoms with Crippen LogP contribution >= 0.6 is 0 Å². The summed E-state index contributed by atoms with van der Waals surface area (Å²) < 4.78 is 5.34. The van der Waals surface area contributed by atoms with Crippen LogP contribution in [0.1, 0.15) is 29.3 Å². The predicted octanol–water partition coefficient (Wildman–Crippen LogP) is 2.11. The van der Waals surface area contributed by atoms with Crippen LogP contribution in [0.3, 0.4) is 0 Å². The molecule has 1 aliphatic heterocycles. The van der Waals surface area contributed by atoms with Crippen molar-refractivity contribution in [2.45, 2.75) is 26.0 Å². The van der Waals surface area contributed by atoms with Crippen LogP contribution in [0, 0.1) is 0 Å². The van der Waals surface area contributed by atoms with E-state index in [0.717, 1.165) is 31.6 Å². The zero-order chi connectivity index (χ0) is 12.3. The van der Waals surface area contributed by atoms with Crippen LogP contribution in [0.5, 0.6) is 0 Å². The summed E-state index contributed by atoms with van der Waals surface area (Å²) in [5.41, 5.74) is 2.04. The van der Waals surface area contributed by atoms with E-state index in [1.807, 2.05) is 24.3 Å². The van der Waals surface area contributed by atoms with Crippen molar-refractivity contribution in [3.8, 4) is 0 Å². The fourth-order valence-electron chi connectivity index (χ4n) is 2.24. The van der Waals surface area contributed by atoms with Crippen LogP contribution in [0.4, 0.5) is 0 Å². The Morgan fingerprint density at radius 2 is 2.12 bits per heavy atom. The molecular weight excluding hydrogens is 214 g/mol. The molecule has 0 spiro atoms. The summed E-state index contributed by atoms with van der Waals surface area (Å²) in [6, 6.07) is 7.89. The number of hydrogen-bond acceptors (Lipinski definition) is 3. The van der Waals surface area contributed by atoms with Crippen LogP contribution in [0.2, 0.25) is 0 Å².